The first-order valence-electron chi connectivity index (χ1n) is 7.63. The third-order valence-corrected chi connectivity index (χ3v) is 3.97. The van der Waals surface area contributed by atoms with Crippen LogP contribution in [0.15, 0.2) is 42.5 Å². The Kier molecular flexibility index (Phi) is 5.03. The lowest BCUT2D eigenvalue weighted by atomic mass is 10.0. The van der Waals surface area contributed by atoms with Gasteiger partial charge in [-0.15, -0.1) is 0 Å². The Balaban J connectivity index is 2.28. The van der Waals surface area contributed by atoms with Crippen LogP contribution < -0.4 is 10.6 Å². The molecule has 0 radical (unpaired) electrons. The molecule has 0 saturated carbocycles. The van der Waals surface area contributed by atoms with Crippen LogP contribution in [0.25, 0.3) is 0 Å². The van der Waals surface area contributed by atoms with Crippen LogP contribution >= 0.6 is 0 Å². The maximum Gasteiger partial charge on any atom is 0.0435 e. The lowest BCUT2D eigenvalue weighted by Crippen LogP contribution is -2.30. The van der Waals surface area contributed by atoms with Gasteiger partial charge in [-0.3, -0.25) is 0 Å². The lowest BCUT2D eigenvalue weighted by molar-refractivity contribution is 0.680. The van der Waals surface area contributed by atoms with Crippen molar-refractivity contribution in [1.29, 1.82) is 0 Å². The van der Waals surface area contributed by atoms with Gasteiger partial charge in [-0.05, 0) is 56.5 Å². The maximum atomic E-state index is 5.68. The Labute approximate surface area is 128 Å². The van der Waals surface area contributed by atoms with Crippen molar-refractivity contribution in [3.8, 4) is 0 Å². The molecule has 0 heterocycles. The highest BCUT2D eigenvalue weighted by Gasteiger charge is 2.12. The molecule has 0 aliphatic rings. The molecule has 0 bridgehead atoms. The van der Waals surface area contributed by atoms with E-state index in [1.165, 1.54) is 27.9 Å². The molecular weight excluding hydrogens is 256 g/mol. The lowest BCUT2D eigenvalue weighted by Gasteiger charge is -2.30. The summed E-state index contributed by atoms with van der Waals surface area (Å²) in [5.74, 6) is 0. The van der Waals surface area contributed by atoms with Gasteiger partial charge < -0.3 is 10.6 Å². The number of hydrogen-bond acceptors (Lipinski definition) is 2. The van der Waals surface area contributed by atoms with Gasteiger partial charge in [-0.2, -0.15) is 0 Å². The number of rotatable bonds is 5. The molecule has 2 heteroatoms. The number of nitrogens with zero attached hydrogens (tertiary/aromatic N) is 1. The van der Waals surface area contributed by atoms with Gasteiger partial charge in [-0.1, -0.05) is 35.9 Å². The van der Waals surface area contributed by atoms with Crippen molar-refractivity contribution in [3.05, 3.63) is 64.7 Å². The largest absolute Gasteiger partial charge is 0.365 e. The third-order valence-electron chi connectivity index (χ3n) is 3.97. The number of hydrogen-bond donors (Lipinski definition) is 1. The summed E-state index contributed by atoms with van der Waals surface area (Å²) in [5.41, 5.74) is 12.2. The van der Waals surface area contributed by atoms with Crippen molar-refractivity contribution in [1.82, 2.24) is 0 Å². The zero-order chi connectivity index (χ0) is 15.4. The fourth-order valence-electron chi connectivity index (χ4n) is 2.55. The van der Waals surface area contributed by atoms with E-state index in [1.54, 1.807) is 0 Å². The fraction of sp³-hybridized carbons (Fsp3) is 0.368. The van der Waals surface area contributed by atoms with Crippen molar-refractivity contribution >= 4 is 5.69 Å². The molecule has 0 unspecified atom stereocenters. The standard InChI is InChI=1S/C19H26N2/c1-14(2)21(19-9-7-17(12-20)8-10-19)13-18-11-15(3)5-6-16(18)4/h5-11,14H,12-13,20H2,1-4H3. The van der Waals surface area contributed by atoms with Crippen molar-refractivity contribution in [2.45, 2.75) is 46.8 Å². The molecular formula is C19H26N2. The molecule has 2 N–H and O–H groups in total. The Bertz CT molecular complexity index is 585. The van der Waals surface area contributed by atoms with Crippen LogP contribution in [-0.4, -0.2) is 6.04 Å². The molecule has 0 aromatic heterocycles. The highest BCUT2D eigenvalue weighted by Crippen LogP contribution is 2.22. The summed E-state index contributed by atoms with van der Waals surface area (Å²) >= 11 is 0. The minimum atomic E-state index is 0.452. The SMILES string of the molecule is Cc1ccc(C)c(CN(c2ccc(CN)cc2)C(C)C)c1. The van der Waals surface area contributed by atoms with Gasteiger partial charge in [0.25, 0.3) is 0 Å². The number of anilines is 1. The van der Waals surface area contributed by atoms with E-state index in [9.17, 15) is 0 Å². The Hall–Kier alpha value is -1.80. The molecule has 0 atom stereocenters. The van der Waals surface area contributed by atoms with Gasteiger partial charge in [-0.25, -0.2) is 0 Å². The van der Waals surface area contributed by atoms with Crippen LogP contribution in [0, 0.1) is 13.8 Å². The van der Waals surface area contributed by atoms with Crippen molar-refractivity contribution < 1.29 is 0 Å². The van der Waals surface area contributed by atoms with E-state index < -0.39 is 0 Å². The molecule has 0 spiro atoms. The van der Waals surface area contributed by atoms with Crippen molar-refractivity contribution in [3.63, 3.8) is 0 Å². The minimum absolute atomic E-state index is 0.452. The predicted molar refractivity (Wildman–Crippen MR) is 91.6 cm³/mol. The second-order valence-electron chi connectivity index (χ2n) is 6.02. The Morgan fingerprint density at radius 1 is 1.00 bits per heavy atom. The monoisotopic (exact) mass is 282 g/mol. The fourth-order valence-corrected chi connectivity index (χ4v) is 2.55. The molecule has 0 fully saturated rings. The van der Waals surface area contributed by atoms with Gasteiger partial charge in [0.2, 0.25) is 0 Å². The van der Waals surface area contributed by atoms with Gasteiger partial charge >= 0.3 is 0 Å². The highest BCUT2D eigenvalue weighted by atomic mass is 15.1. The van der Waals surface area contributed by atoms with Crippen LogP contribution in [0.4, 0.5) is 5.69 Å². The van der Waals surface area contributed by atoms with E-state index in [0.29, 0.717) is 12.6 Å². The molecule has 2 rings (SSSR count). The van der Waals surface area contributed by atoms with E-state index in [1.807, 2.05) is 0 Å². The summed E-state index contributed by atoms with van der Waals surface area (Å²) in [6.45, 7) is 10.3. The highest BCUT2D eigenvalue weighted by molar-refractivity contribution is 5.49. The van der Waals surface area contributed by atoms with Crippen molar-refractivity contribution in [2.75, 3.05) is 4.90 Å². The van der Waals surface area contributed by atoms with Gasteiger partial charge in [0.05, 0.1) is 0 Å². The molecule has 0 amide bonds. The molecule has 0 aliphatic carbocycles. The maximum absolute atomic E-state index is 5.68. The van der Waals surface area contributed by atoms with Gasteiger partial charge in [0.1, 0.15) is 0 Å². The topological polar surface area (TPSA) is 29.3 Å². The van der Waals surface area contributed by atoms with Crippen LogP contribution in [0.5, 0.6) is 0 Å². The Morgan fingerprint density at radius 3 is 2.24 bits per heavy atom. The summed E-state index contributed by atoms with van der Waals surface area (Å²) in [7, 11) is 0. The molecule has 112 valence electrons. The summed E-state index contributed by atoms with van der Waals surface area (Å²) in [4.78, 5) is 2.43. The number of nitrogens with two attached hydrogens (primary N) is 1. The molecule has 0 aliphatic heterocycles. The van der Waals surface area contributed by atoms with Gasteiger partial charge in [0, 0.05) is 24.8 Å². The normalized spacial score (nSPS) is 11.0. The van der Waals surface area contributed by atoms with E-state index in [4.69, 9.17) is 5.73 Å². The minimum Gasteiger partial charge on any atom is -0.365 e. The van der Waals surface area contributed by atoms with Crippen LogP contribution in [0.3, 0.4) is 0 Å². The summed E-state index contributed by atoms with van der Waals surface area (Å²) in [5, 5.41) is 0. The van der Waals surface area contributed by atoms with Crippen LogP contribution in [-0.2, 0) is 13.1 Å². The molecule has 2 nitrogen and oxygen atoms in total. The zero-order valence-corrected chi connectivity index (χ0v) is 13.6. The summed E-state index contributed by atoms with van der Waals surface area (Å²) in [6, 6.07) is 15.7. The first kappa shape index (κ1) is 15.6. The number of benzene rings is 2. The van der Waals surface area contributed by atoms with E-state index in [0.717, 1.165) is 6.54 Å². The molecule has 21 heavy (non-hydrogen) atoms. The quantitative estimate of drug-likeness (QED) is 0.891. The smallest absolute Gasteiger partial charge is 0.0435 e. The van der Waals surface area contributed by atoms with Crippen LogP contribution in [0.2, 0.25) is 0 Å². The molecule has 0 saturated heterocycles. The first-order chi connectivity index (χ1) is 10.0. The molecule has 2 aromatic rings. The Morgan fingerprint density at radius 2 is 1.67 bits per heavy atom. The third kappa shape index (κ3) is 3.85. The molecule has 2 aromatic carbocycles. The second kappa shape index (κ2) is 6.77. The van der Waals surface area contributed by atoms with Gasteiger partial charge in [0.15, 0.2) is 0 Å². The summed E-state index contributed by atoms with van der Waals surface area (Å²) in [6.07, 6.45) is 0. The number of aryl methyl sites for hydroxylation is 2. The second-order valence-corrected chi connectivity index (χ2v) is 6.02. The average Bonchev–Trinajstić information content (AvgIpc) is 2.48. The zero-order valence-electron chi connectivity index (χ0n) is 13.6. The summed E-state index contributed by atoms with van der Waals surface area (Å²) < 4.78 is 0. The van der Waals surface area contributed by atoms with Crippen LogP contribution in [0.1, 0.15) is 36.1 Å². The van der Waals surface area contributed by atoms with Crippen molar-refractivity contribution in [2.24, 2.45) is 5.73 Å². The predicted octanol–water partition coefficient (Wildman–Crippen LogP) is 4.18. The van der Waals surface area contributed by atoms with E-state index >= 15 is 0 Å². The van der Waals surface area contributed by atoms with E-state index in [2.05, 4.69) is 75.1 Å². The first-order valence-corrected chi connectivity index (χ1v) is 7.63. The average molecular weight is 282 g/mol. The van der Waals surface area contributed by atoms with E-state index in [-0.39, 0.29) is 0 Å².